The van der Waals surface area contributed by atoms with Gasteiger partial charge in [-0.1, -0.05) is 6.07 Å². The Kier molecular flexibility index (Phi) is 3.68. The third-order valence-corrected chi connectivity index (χ3v) is 2.80. The van der Waals surface area contributed by atoms with Crippen molar-refractivity contribution in [1.29, 1.82) is 0 Å². The van der Waals surface area contributed by atoms with E-state index in [4.69, 9.17) is 0 Å². The molecule has 0 spiro atoms. The quantitative estimate of drug-likeness (QED) is 0.676. The average Bonchev–Trinajstić information content (AvgIpc) is 2.57. The molecular formula is C15H11N5O. The molecule has 0 amide bonds. The van der Waals surface area contributed by atoms with Gasteiger partial charge in [0.05, 0.1) is 17.8 Å². The minimum absolute atomic E-state index is 0.125. The largest absolute Gasteiger partial charge is 0.290 e. The van der Waals surface area contributed by atoms with Gasteiger partial charge in [-0.15, -0.1) is 5.10 Å². The molecule has 0 N–H and O–H groups in total. The lowest BCUT2D eigenvalue weighted by atomic mass is 10.2. The van der Waals surface area contributed by atoms with Crippen molar-refractivity contribution in [2.24, 2.45) is 0 Å². The normalized spacial score (nSPS) is 10.3. The Morgan fingerprint density at radius 3 is 2.29 bits per heavy atom. The van der Waals surface area contributed by atoms with Gasteiger partial charge >= 0.3 is 0 Å². The molecule has 0 atom stereocenters. The van der Waals surface area contributed by atoms with Crippen LogP contribution in [0, 0.1) is 0 Å². The Bertz CT molecular complexity index is 729. The summed E-state index contributed by atoms with van der Waals surface area (Å²) in [6.07, 6.45) is 4.90. The first-order valence-corrected chi connectivity index (χ1v) is 6.37. The minimum atomic E-state index is -0.185. The predicted molar refractivity (Wildman–Crippen MR) is 75.3 cm³/mol. The number of rotatable bonds is 4. The number of aromatic nitrogens is 5. The molecule has 0 fully saturated rings. The van der Waals surface area contributed by atoms with Gasteiger partial charge in [0, 0.05) is 18.6 Å². The summed E-state index contributed by atoms with van der Waals surface area (Å²) >= 11 is 0. The number of Topliss-reactive ketones (excluding diaryl/α,β-unsaturated/α-hetero) is 1. The van der Waals surface area contributed by atoms with Crippen LogP contribution in [-0.4, -0.2) is 30.9 Å². The Balaban J connectivity index is 1.75. The van der Waals surface area contributed by atoms with Gasteiger partial charge in [-0.2, -0.15) is 5.10 Å². The molecule has 0 aliphatic heterocycles. The van der Waals surface area contributed by atoms with Crippen LogP contribution in [0.15, 0.2) is 55.0 Å². The van der Waals surface area contributed by atoms with Gasteiger partial charge in [0.25, 0.3) is 0 Å². The SMILES string of the molecule is O=C(Cc1ccc(-c2ccccn2)nn1)c1ncccn1. The zero-order chi connectivity index (χ0) is 14.5. The van der Waals surface area contributed by atoms with E-state index in [9.17, 15) is 4.79 Å². The molecule has 0 aliphatic carbocycles. The maximum absolute atomic E-state index is 12.0. The van der Waals surface area contributed by atoms with Crippen molar-refractivity contribution in [2.75, 3.05) is 0 Å². The molecule has 6 heteroatoms. The highest BCUT2D eigenvalue weighted by molar-refractivity contribution is 5.93. The molecule has 0 radical (unpaired) electrons. The third-order valence-electron chi connectivity index (χ3n) is 2.80. The van der Waals surface area contributed by atoms with Gasteiger partial charge in [0.15, 0.2) is 5.82 Å². The van der Waals surface area contributed by atoms with E-state index in [0.717, 1.165) is 5.69 Å². The third kappa shape index (κ3) is 3.11. The van der Waals surface area contributed by atoms with Crippen LogP contribution in [0.25, 0.3) is 11.4 Å². The van der Waals surface area contributed by atoms with Crippen molar-refractivity contribution in [1.82, 2.24) is 25.1 Å². The van der Waals surface area contributed by atoms with Crippen LogP contribution in [0.1, 0.15) is 16.3 Å². The lowest BCUT2D eigenvalue weighted by Crippen LogP contribution is -2.09. The molecule has 3 aromatic heterocycles. The summed E-state index contributed by atoms with van der Waals surface area (Å²) in [4.78, 5) is 24.0. The molecule has 6 nitrogen and oxygen atoms in total. The molecule has 3 heterocycles. The lowest BCUT2D eigenvalue weighted by Gasteiger charge is -2.01. The van der Waals surface area contributed by atoms with Crippen molar-refractivity contribution in [3.63, 3.8) is 0 Å². The van der Waals surface area contributed by atoms with E-state index in [0.29, 0.717) is 11.4 Å². The smallest absolute Gasteiger partial charge is 0.206 e. The van der Waals surface area contributed by atoms with E-state index in [1.165, 1.54) is 12.4 Å². The first-order chi connectivity index (χ1) is 10.3. The van der Waals surface area contributed by atoms with Crippen molar-refractivity contribution < 1.29 is 4.79 Å². The maximum Gasteiger partial charge on any atom is 0.206 e. The van der Waals surface area contributed by atoms with Crippen molar-refractivity contribution in [3.05, 3.63) is 66.5 Å². The summed E-state index contributed by atoms with van der Waals surface area (Å²) in [7, 11) is 0. The molecule has 21 heavy (non-hydrogen) atoms. The second-order valence-corrected chi connectivity index (χ2v) is 4.30. The second kappa shape index (κ2) is 5.96. The topological polar surface area (TPSA) is 81.5 Å². The van der Waals surface area contributed by atoms with Crippen LogP contribution in [0.4, 0.5) is 0 Å². The zero-order valence-corrected chi connectivity index (χ0v) is 11.0. The van der Waals surface area contributed by atoms with Crippen LogP contribution in [0.2, 0.25) is 0 Å². The van der Waals surface area contributed by atoms with Crippen LogP contribution < -0.4 is 0 Å². The highest BCUT2D eigenvalue weighted by Gasteiger charge is 2.11. The number of hydrogen-bond donors (Lipinski definition) is 0. The van der Waals surface area contributed by atoms with Crippen LogP contribution in [0.5, 0.6) is 0 Å². The summed E-state index contributed by atoms with van der Waals surface area (Å²) < 4.78 is 0. The summed E-state index contributed by atoms with van der Waals surface area (Å²) in [6.45, 7) is 0. The fourth-order valence-electron chi connectivity index (χ4n) is 1.79. The average molecular weight is 277 g/mol. The van der Waals surface area contributed by atoms with E-state index in [-0.39, 0.29) is 18.0 Å². The summed E-state index contributed by atoms with van der Waals surface area (Å²) in [5.41, 5.74) is 1.99. The molecule has 102 valence electrons. The van der Waals surface area contributed by atoms with Crippen LogP contribution in [-0.2, 0) is 6.42 Å². The second-order valence-electron chi connectivity index (χ2n) is 4.30. The van der Waals surface area contributed by atoms with Gasteiger partial charge in [0.1, 0.15) is 5.69 Å². The van der Waals surface area contributed by atoms with E-state index >= 15 is 0 Å². The number of carbonyl (C=O) groups excluding carboxylic acids is 1. The van der Waals surface area contributed by atoms with Gasteiger partial charge < -0.3 is 0 Å². The monoisotopic (exact) mass is 277 g/mol. The highest BCUT2D eigenvalue weighted by atomic mass is 16.1. The number of hydrogen-bond acceptors (Lipinski definition) is 6. The fraction of sp³-hybridized carbons (Fsp3) is 0.0667. The lowest BCUT2D eigenvalue weighted by molar-refractivity contribution is 0.0981. The van der Waals surface area contributed by atoms with Crippen LogP contribution >= 0.6 is 0 Å². The van der Waals surface area contributed by atoms with E-state index in [2.05, 4.69) is 25.1 Å². The van der Waals surface area contributed by atoms with E-state index in [1.807, 2.05) is 18.2 Å². The summed E-state index contributed by atoms with van der Waals surface area (Å²) in [5.74, 6) is 0.00332. The van der Waals surface area contributed by atoms with Crippen molar-refractivity contribution in [3.8, 4) is 11.4 Å². The van der Waals surface area contributed by atoms with E-state index < -0.39 is 0 Å². The molecule has 0 saturated heterocycles. The number of pyridine rings is 1. The Hall–Kier alpha value is -3.02. The molecule has 0 saturated carbocycles. The van der Waals surface area contributed by atoms with Crippen molar-refractivity contribution in [2.45, 2.75) is 6.42 Å². The molecule has 3 aromatic rings. The van der Waals surface area contributed by atoms with Gasteiger partial charge in [-0.3, -0.25) is 9.78 Å². The van der Waals surface area contributed by atoms with Crippen LogP contribution in [0.3, 0.4) is 0 Å². The molecule has 0 aliphatic rings. The Morgan fingerprint density at radius 2 is 1.62 bits per heavy atom. The molecular weight excluding hydrogens is 266 g/mol. The minimum Gasteiger partial charge on any atom is -0.290 e. The fourth-order valence-corrected chi connectivity index (χ4v) is 1.79. The van der Waals surface area contributed by atoms with Gasteiger partial charge in [-0.05, 0) is 30.3 Å². The molecule has 0 aromatic carbocycles. The van der Waals surface area contributed by atoms with E-state index in [1.54, 1.807) is 24.4 Å². The number of ketones is 1. The van der Waals surface area contributed by atoms with Gasteiger partial charge in [0.2, 0.25) is 5.78 Å². The maximum atomic E-state index is 12.0. The standard InChI is InChI=1S/C15H11N5O/c21-14(15-17-8-3-9-18-15)10-11-5-6-13(20-19-11)12-4-1-2-7-16-12/h1-9H,10H2. The number of carbonyl (C=O) groups is 1. The summed E-state index contributed by atoms with van der Waals surface area (Å²) in [6, 6.07) is 10.8. The van der Waals surface area contributed by atoms with Gasteiger partial charge in [-0.25, -0.2) is 9.97 Å². The Morgan fingerprint density at radius 1 is 0.810 bits per heavy atom. The zero-order valence-electron chi connectivity index (χ0n) is 11.0. The summed E-state index contributed by atoms with van der Waals surface area (Å²) in [5, 5.41) is 8.14. The predicted octanol–water partition coefficient (Wildman–Crippen LogP) is 1.75. The van der Waals surface area contributed by atoms with Crippen molar-refractivity contribution >= 4 is 5.78 Å². The first kappa shape index (κ1) is 13.0. The Labute approximate surface area is 121 Å². The molecule has 0 unspecified atom stereocenters. The molecule has 3 rings (SSSR count). The number of nitrogens with zero attached hydrogens (tertiary/aromatic N) is 5. The molecule has 0 bridgehead atoms. The highest BCUT2D eigenvalue weighted by Crippen LogP contribution is 2.12. The first-order valence-electron chi connectivity index (χ1n) is 6.37.